The molecule has 0 aromatic heterocycles. The van der Waals surface area contributed by atoms with Crippen molar-refractivity contribution < 1.29 is 14.7 Å². The molecule has 7 heavy (non-hydrogen) atoms. The van der Waals surface area contributed by atoms with Crippen LogP contribution in [0.5, 0.6) is 0 Å². The van der Waals surface area contributed by atoms with Gasteiger partial charge in [0.25, 0.3) is 0 Å². The predicted molar refractivity (Wildman–Crippen MR) is 19.9 cm³/mol. The summed E-state index contributed by atoms with van der Waals surface area (Å²) in [6.07, 6.45) is -1.56. The second-order valence-corrected chi connectivity index (χ2v) is 0.969. The molecule has 1 radical (unpaired) electrons. The van der Waals surface area contributed by atoms with Crippen molar-refractivity contribution in [1.82, 2.24) is 5.32 Å². The number of hydrogen-bond donors (Lipinski definition) is 1. The lowest BCUT2D eigenvalue weighted by Gasteiger charge is -1.83. The third kappa shape index (κ3) is 4.94. The molecular formula is C3H4NO3. The van der Waals surface area contributed by atoms with E-state index in [9.17, 15) is 14.7 Å². The van der Waals surface area contributed by atoms with Crippen molar-refractivity contribution in [3.05, 3.63) is 0 Å². The third-order valence-electron chi connectivity index (χ3n) is 0.278. The van der Waals surface area contributed by atoms with Crippen LogP contribution in [0.25, 0.3) is 0 Å². The van der Waals surface area contributed by atoms with Crippen LogP contribution in [0.1, 0.15) is 6.92 Å². The molecule has 0 aromatic rings. The summed E-state index contributed by atoms with van der Waals surface area (Å²) in [6.45, 7) is 1.09. The van der Waals surface area contributed by atoms with E-state index in [1.54, 1.807) is 0 Å². The molecule has 0 saturated carbocycles. The molecule has 0 aliphatic heterocycles. The van der Waals surface area contributed by atoms with Gasteiger partial charge < -0.3 is 0 Å². The molecule has 0 aliphatic carbocycles. The largest absolute Gasteiger partial charge is 0.457 e. The lowest BCUT2D eigenvalue weighted by molar-refractivity contribution is -0.118. The first-order chi connectivity index (χ1) is 3.13. The maximum atomic E-state index is 9.72. The first-order valence-electron chi connectivity index (χ1n) is 1.61. The summed E-state index contributed by atoms with van der Waals surface area (Å²) < 4.78 is 0. The zero-order chi connectivity index (χ0) is 5.86. The Morgan fingerprint density at radius 2 is 1.86 bits per heavy atom. The van der Waals surface area contributed by atoms with Gasteiger partial charge in [-0.15, -0.1) is 0 Å². The normalized spacial score (nSPS) is 7.57. The molecule has 0 bridgehead atoms. The van der Waals surface area contributed by atoms with Gasteiger partial charge >= 0.3 is 6.09 Å². The molecule has 0 atom stereocenters. The molecule has 0 fully saturated rings. The summed E-state index contributed by atoms with van der Waals surface area (Å²) in [7, 11) is 0. The van der Waals surface area contributed by atoms with E-state index in [-0.39, 0.29) is 0 Å². The van der Waals surface area contributed by atoms with Crippen molar-refractivity contribution in [2.45, 2.75) is 6.92 Å². The van der Waals surface area contributed by atoms with Crippen molar-refractivity contribution in [2.24, 2.45) is 0 Å². The van der Waals surface area contributed by atoms with Gasteiger partial charge in [0.15, 0.2) is 0 Å². The second-order valence-electron chi connectivity index (χ2n) is 0.969. The molecule has 0 unspecified atom stereocenters. The van der Waals surface area contributed by atoms with Gasteiger partial charge in [-0.1, -0.05) is 0 Å². The first-order valence-corrected chi connectivity index (χ1v) is 1.61. The Kier molecular flexibility index (Phi) is 1.84. The summed E-state index contributed by atoms with van der Waals surface area (Å²) in [5, 5.41) is 10.8. The molecule has 4 nitrogen and oxygen atoms in total. The van der Waals surface area contributed by atoms with E-state index >= 15 is 0 Å². The highest BCUT2D eigenvalue weighted by atomic mass is 16.4. The lowest BCUT2D eigenvalue weighted by atomic mass is 10.7. The topological polar surface area (TPSA) is 66.1 Å². The minimum Gasteiger partial charge on any atom is -0.275 e. The van der Waals surface area contributed by atoms with Crippen LogP contribution < -0.4 is 5.32 Å². The number of imide groups is 1. The van der Waals surface area contributed by atoms with Crippen LogP contribution in [0.15, 0.2) is 0 Å². The fraction of sp³-hybridized carbons (Fsp3) is 0.333. The van der Waals surface area contributed by atoms with Gasteiger partial charge in [-0.3, -0.25) is 10.1 Å². The van der Waals surface area contributed by atoms with Crippen LogP contribution in [0.2, 0.25) is 0 Å². The van der Waals surface area contributed by atoms with Gasteiger partial charge in [0.2, 0.25) is 5.91 Å². The summed E-state index contributed by atoms with van der Waals surface area (Å²) in [5.74, 6) is -0.625. The van der Waals surface area contributed by atoms with Crippen LogP contribution in [-0.2, 0) is 9.90 Å². The van der Waals surface area contributed by atoms with Gasteiger partial charge in [-0.2, -0.15) is 0 Å². The van der Waals surface area contributed by atoms with Gasteiger partial charge in [0, 0.05) is 6.92 Å². The molecule has 0 rings (SSSR count). The molecule has 0 saturated heterocycles. The Morgan fingerprint density at radius 1 is 1.43 bits per heavy atom. The van der Waals surface area contributed by atoms with E-state index in [4.69, 9.17) is 0 Å². The predicted octanol–water partition coefficient (Wildman–Crippen LogP) is -0.327. The molecule has 2 amide bonds. The highest BCUT2D eigenvalue weighted by Crippen LogP contribution is 1.60. The van der Waals surface area contributed by atoms with Crippen molar-refractivity contribution in [3.63, 3.8) is 0 Å². The molecule has 0 aliphatic rings. The molecule has 0 aromatic carbocycles. The molecular weight excluding hydrogens is 98.0 g/mol. The van der Waals surface area contributed by atoms with Gasteiger partial charge in [-0.25, -0.2) is 9.90 Å². The zero-order valence-electron chi connectivity index (χ0n) is 3.72. The SMILES string of the molecule is CC(=O)NC([O])=O. The Morgan fingerprint density at radius 3 is 1.86 bits per heavy atom. The van der Waals surface area contributed by atoms with Crippen molar-refractivity contribution in [3.8, 4) is 0 Å². The standard InChI is InChI=1S/C3H4NO3/c1-2(5)4-3(6)7/h1H3,(H,4,5). The van der Waals surface area contributed by atoms with Crippen LogP contribution >= 0.6 is 0 Å². The van der Waals surface area contributed by atoms with Crippen LogP contribution in [0.4, 0.5) is 4.79 Å². The first kappa shape index (κ1) is 5.94. The maximum absolute atomic E-state index is 9.72. The van der Waals surface area contributed by atoms with E-state index in [2.05, 4.69) is 0 Å². The number of carbonyl (C=O) groups excluding carboxylic acids is 2. The molecule has 0 heterocycles. The van der Waals surface area contributed by atoms with E-state index in [0.29, 0.717) is 0 Å². The number of hydrogen-bond acceptors (Lipinski definition) is 2. The van der Waals surface area contributed by atoms with Gasteiger partial charge in [-0.05, 0) is 0 Å². The third-order valence-corrected chi connectivity index (χ3v) is 0.278. The number of rotatable bonds is 0. The zero-order valence-corrected chi connectivity index (χ0v) is 3.72. The van der Waals surface area contributed by atoms with E-state index in [1.807, 2.05) is 0 Å². The van der Waals surface area contributed by atoms with Crippen molar-refractivity contribution >= 4 is 12.0 Å². The van der Waals surface area contributed by atoms with Gasteiger partial charge in [0.05, 0.1) is 0 Å². The average Bonchev–Trinajstić information content (AvgIpc) is 1.27. The highest BCUT2D eigenvalue weighted by molar-refractivity contribution is 5.88. The summed E-state index contributed by atoms with van der Waals surface area (Å²) in [6, 6.07) is 0. The quantitative estimate of drug-likeness (QED) is 0.455. The molecule has 0 spiro atoms. The van der Waals surface area contributed by atoms with Crippen molar-refractivity contribution in [1.29, 1.82) is 0 Å². The Labute approximate surface area is 40.1 Å². The minimum absolute atomic E-state index is 0.625. The van der Waals surface area contributed by atoms with E-state index < -0.39 is 12.0 Å². The minimum atomic E-state index is -1.56. The van der Waals surface area contributed by atoms with E-state index in [1.165, 1.54) is 5.32 Å². The summed E-state index contributed by atoms with van der Waals surface area (Å²) in [4.78, 5) is 19.1. The number of carbonyl (C=O) groups is 2. The number of nitrogens with one attached hydrogen (secondary N) is 1. The fourth-order valence-corrected chi connectivity index (χ4v) is 0.144. The monoisotopic (exact) mass is 102 g/mol. The number of amides is 2. The van der Waals surface area contributed by atoms with Crippen LogP contribution in [-0.4, -0.2) is 12.0 Å². The summed E-state index contributed by atoms with van der Waals surface area (Å²) >= 11 is 0. The second kappa shape index (κ2) is 2.17. The smallest absolute Gasteiger partial charge is 0.275 e. The lowest BCUT2D eigenvalue weighted by Crippen LogP contribution is -2.24. The highest BCUT2D eigenvalue weighted by Gasteiger charge is 1.97. The molecule has 1 N–H and O–H groups in total. The Balaban J connectivity index is 3.32. The van der Waals surface area contributed by atoms with Gasteiger partial charge in [0.1, 0.15) is 0 Å². The van der Waals surface area contributed by atoms with E-state index in [0.717, 1.165) is 6.92 Å². The Bertz CT molecular complexity index is 86.4. The molecule has 4 heteroatoms. The Hall–Kier alpha value is -1.06. The summed E-state index contributed by atoms with van der Waals surface area (Å²) in [5.41, 5.74) is 0. The fourth-order valence-electron chi connectivity index (χ4n) is 0.144. The van der Waals surface area contributed by atoms with Crippen molar-refractivity contribution in [2.75, 3.05) is 0 Å². The maximum Gasteiger partial charge on any atom is 0.457 e. The van der Waals surface area contributed by atoms with Crippen LogP contribution in [0.3, 0.4) is 0 Å². The van der Waals surface area contributed by atoms with Crippen LogP contribution in [0, 0.1) is 0 Å². The molecule has 39 valence electrons. The average molecular weight is 102 g/mol.